The Labute approximate surface area is 110 Å². The molecular weight excluding hydrogens is 282 g/mol. The van der Waals surface area contributed by atoms with Gasteiger partial charge >= 0.3 is 0 Å². The molecule has 1 fully saturated rings. The van der Waals surface area contributed by atoms with E-state index in [9.17, 15) is 0 Å². The van der Waals surface area contributed by atoms with Crippen LogP contribution < -0.4 is 5.73 Å². The molecule has 0 amide bonds. The monoisotopic (exact) mass is 299 g/mol. The SMILES string of the molecule is NCC(c1cccc(Br)c1)C1CCCSC1. The second-order valence-electron chi connectivity index (χ2n) is 4.37. The molecule has 0 spiro atoms. The summed E-state index contributed by atoms with van der Waals surface area (Å²) in [7, 11) is 0. The smallest absolute Gasteiger partial charge is 0.0178 e. The van der Waals surface area contributed by atoms with E-state index in [2.05, 4.69) is 52.0 Å². The minimum absolute atomic E-state index is 0.533. The minimum Gasteiger partial charge on any atom is -0.330 e. The minimum atomic E-state index is 0.533. The van der Waals surface area contributed by atoms with Crippen LogP contribution in [0.15, 0.2) is 28.7 Å². The predicted octanol–water partition coefficient (Wildman–Crippen LogP) is 3.63. The third kappa shape index (κ3) is 3.02. The number of nitrogens with two attached hydrogens (primary N) is 1. The Balaban J connectivity index is 2.14. The number of benzene rings is 1. The van der Waals surface area contributed by atoms with E-state index in [0.29, 0.717) is 5.92 Å². The number of hydrogen-bond acceptors (Lipinski definition) is 2. The zero-order valence-electron chi connectivity index (χ0n) is 9.36. The van der Waals surface area contributed by atoms with Crippen LogP contribution in [-0.4, -0.2) is 18.1 Å². The van der Waals surface area contributed by atoms with Gasteiger partial charge in [0.1, 0.15) is 0 Å². The Bertz CT molecular complexity index is 336. The largest absolute Gasteiger partial charge is 0.330 e. The molecule has 2 unspecified atom stereocenters. The lowest BCUT2D eigenvalue weighted by Gasteiger charge is -2.29. The first-order chi connectivity index (χ1) is 7.81. The Hall–Kier alpha value is 0.01000. The average Bonchev–Trinajstić information content (AvgIpc) is 2.31. The van der Waals surface area contributed by atoms with E-state index < -0.39 is 0 Å². The molecule has 1 aromatic rings. The van der Waals surface area contributed by atoms with E-state index in [4.69, 9.17) is 5.73 Å². The topological polar surface area (TPSA) is 26.0 Å². The van der Waals surface area contributed by atoms with Gasteiger partial charge in [-0.15, -0.1) is 0 Å². The summed E-state index contributed by atoms with van der Waals surface area (Å²) in [5.41, 5.74) is 7.35. The van der Waals surface area contributed by atoms with E-state index in [1.807, 2.05) is 0 Å². The summed E-state index contributed by atoms with van der Waals surface area (Å²) < 4.78 is 1.16. The van der Waals surface area contributed by atoms with Gasteiger partial charge in [-0.1, -0.05) is 28.1 Å². The van der Waals surface area contributed by atoms with Crippen molar-refractivity contribution in [3.63, 3.8) is 0 Å². The molecule has 1 aliphatic rings. The van der Waals surface area contributed by atoms with Crippen LogP contribution in [0.25, 0.3) is 0 Å². The highest BCUT2D eigenvalue weighted by atomic mass is 79.9. The van der Waals surface area contributed by atoms with E-state index in [-0.39, 0.29) is 0 Å². The van der Waals surface area contributed by atoms with Gasteiger partial charge in [-0.3, -0.25) is 0 Å². The highest BCUT2D eigenvalue weighted by Gasteiger charge is 2.24. The molecule has 0 aliphatic carbocycles. The summed E-state index contributed by atoms with van der Waals surface area (Å²) in [6.07, 6.45) is 2.68. The van der Waals surface area contributed by atoms with Crippen LogP contribution in [0.2, 0.25) is 0 Å². The van der Waals surface area contributed by atoms with Gasteiger partial charge in [0.25, 0.3) is 0 Å². The first-order valence-corrected chi connectivity index (χ1v) is 7.79. The summed E-state index contributed by atoms with van der Waals surface area (Å²) in [4.78, 5) is 0. The van der Waals surface area contributed by atoms with Crippen LogP contribution in [0.1, 0.15) is 24.3 Å². The normalized spacial score (nSPS) is 23.0. The van der Waals surface area contributed by atoms with Crippen molar-refractivity contribution in [3.05, 3.63) is 34.3 Å². The van der Waals surface area contributed by atoms with Gasteiger partial charge in [0.2, 0.25) is 0 Å². The molecule has 2 rings (SSSR count). The van der Waals surface area contributed by atoms with Crippen molar-refractivity contribution in [1.29, 1.82) is 0 Å². The van der Waals surface area contributed by atoms with Crippen LogP contribution in [0.5, 0.6) is 0 Å². The molecule has 1 aliphatic heterocycles. The molecule has 0 aromatic heterocycles. The maximum Gasteiger partial charge on any atom is 0.0178 e. The first kappa shape index (κ1) is 12.5. The van der Waals surface area contributed by atoms with Gasteiger partial charge in [-0.05, 0) is 60.4 Å². The van der Waals surface area contributed by atoms with E-state index in [0.717, 1.165) is 16.9 Å². The van der Waals surface area contributed by atoms with Crippen molar-refractivity contribution in [1.82, 2.24) is 0 Å². The molecule has 16 heavy (non-hydrogen) atoms. The molecule has 3 heteroatoms. The molecule has 0 radical (unpaired) electrons. The van der Waals surface area contributed by atoms with Gasteiger partial charge in [0.05, 0.1) is 0 Å². The number of thioether (sulfide) groups is 1. The highest BCUT2D eigenvalue weighted by molar-refractivity contribution is 9.10. The van der Waals surface area contributed by atoms with Crippen LogP contribution >= 0.6 is 27.7 Å². The van der Waals surface area contributed by atoms with E-state index in [1.54, 1.807) is 0 Å². The lowest BCUT2D eigenvalue weighted by atomic mass is 9.84. The molecule has 0 saturated carbocycles. The second kappa shape index (κ2) is 6.08. The molecule has 1 aromatic carbocycles. The highest BCUT2D eigenvalue weighted by Crippen LogP contribution is 2.34. The van der Waals surface area contributed by atoms with Crippen LogP contribution in [-0.2, 0) is 0 Å². The van der Waals surface area contributed by atoms with Gasteiger partial charge < -0.3 is 5.73 Å². The lowest BCUT2D eigenvalue weighted by molar-refractivity contribution is 0.430. The summed E-state index contributed by atoms with van der Waals surface area (Å²) in [6, 6.07) is 8.61. The maximum atomic E-state index is 5.96. The fourth-order valence-electron chi connectivity index (χ4n) is 2.42. The first-order valence-electron chi connectivity index (χ1n) is 5.84. The Morgan fingerprint density at radius 1 is 1.50 bits per heavy atom. The molecule has 0 bridgehead atoms. The maximum absolute atomic E-state index is 5.96. The zero-order valence-corrected chi connectivity index (χ0v) is 11.8. The van der Waals surface area contributed by atoms with Crippen LogP contribution in [0, 0.1) is 5.92 Å². The molecular formula is C13H18BrNS. The van der Waals surface area contributed by atoms with Gasteiger partial charge in [0.15, 0.2) is 0 Å². The van der Waals surface area contributed by atoms with Gasteiger partial charge in [-0.2, -0.15) is 11.8 Å². The quantitative estimate of drug-likeness (QED) is 0.922. The number of halogens is 1. The standard InChI is InChI=1S/C13H18BrNS/c14-12-5-1-3-10(7-12)13(8-15)11-4-2-6-16-9-11/h1,3,5,7,11,13H,2,4,6,8-9,15H2. The summed E-state index contributed by atoms with van der Waals surface area (Å²) in [5, 5.41) is 0. The lowest BCUT2D eigenvalue weighted by Crippen LogP contribution is -2.25. The fraction of sp³-hybridized carbons (Fsp3) is 0.538. The second-order valence-corrected chi connectivity index (χ2v) is 6.44. The third-order valence-electron chi connectivity index (χ3n) is 3.30. The molecule has 2 N–H and O–H groups in total. The Kier molecular flexibility index (Phi) is 4.74. The van der Waals surface area contributed by atoms with E-state index >= 15 is 0 Å². The van der Waals surface area contributed by atoms with Crippen molar-refractivity contribution in [3.8, 4) is 0 Å². The Morgan fingerprint density at radius 2 is 2.38 bits per heavy atom. The van der Waals surface area contributed by atoms with Crippen LogP contribution in [0.3, 0.4) is 0 Å². The van der Waals surface area contributed by atoms with Crippen molar-refractivity contribution >= 4 is 27.7 Å². The summed E-state index contributed by atoms with van der Waals surface area (Å²) in [5.74, 6) is 3.89. The number of rotatable bonds is 3. The van der Waals surface area contributed by atoms with Gasteiger partial charge in [-0.25, -0.2) is 0 Å². The molecule has 1 saturated heterocycles. The van der Waals surface area contributed by atoms with Gasteiger partial charge in [0, 0.05) is 4.47 Å². The molecule has 88 valence electrons. The van der Waals surface area contributed by atoms with Crippen molar-refractivity contribution in [2.45, 2.75) is 18.8 Å². The summed E-state index contributed by atoms with van der Waals surface area (Å²) >= 11 is 5.62. The average molecular weight is 300 g/mol. The molecule has 2 atom stereocenters. The van der Waals surface area contributed by atoms with Crippen LogP contribution in [0.4, 0.5) is 0 Å². The van der Waals surface area contributed by atoms with Crippen molar-refractivity contribution in [2.24, 2.45) is 11.7 Å². The fourth-order valence-corrected chi connectivity index (χ4v) is 4.08. The predicted molar refractivity (Wildman–Crippen MR) is 76.0 cm³/mol. The van der Waals surface area contributed by atoms with E-state index in [1.165, 1.54) is 29.9 Å². The third-order valence-corrected chi connectivity index (χ3v) is 5.03. The van der Waals surface area contributed by atoms with Crippen molar-refractivity contribution in [2.75, 3.05) is 18.1 Å². The zero-order chi connectivity index (χ0) is 11.4. The number of hydrogen-bond donors (Lipinski definition) is 1. The molecule has 1 nitrogen and oxygen atoms in total. The van der Waals surface area contributed by atoms with Crippen molar-refractivity contribution < 1.29 is 0 Å². The molecule has 1 heterocycles. The Morgan fingerprint density at radius 3 is 3.00 bits per heavy atom. The summed E-state index contributed by atoms with van der Waals surface area (Å²) in [6.45, 7) is 0.766.